The van der Waals surface area contributed by atoms with Crippen molar-refractivity contribution in [3.8, 4) is 5.88 Å². The zero-order chi connectivity index (χ0) is 11.4. The molecule has 0 spiro atoms. The topological polar surface area (TPSA) is 71.6 Å². The first-order chi connectivity index (χ1) is 7.13. The first-order valence-electron chi connectivity index (χ1n) is 4.67. The van der Waals surface area contributed by atoms with Crippen molar-refractivity contribution in [1.29, 1.82) is 0 Å². The van der Waals surface area contributed by atoms with E-state index >= 15 is 0 Å². The van der Waals surface area contributed by atoms with E-state index in [2.05, 4.69) is 4.98 Å². The van der Waals surface area contributed by atoms with Crippen molar-refractivity contribution in [2.45, 2.75) is 5.92 Å². The molecular weight excluding hydrogens is 214 g/mol. The molecule has 0 aromatic carbocycles. The smallest absolute Gasteiger partial charge is 0.229 e. The van der Waals surface area contributed by atoms with Gasteiger partial charge in [-0.05, 0) is 0 Å². The van der Waals surface area contributed by atoms with Crippen LogP contribution in [-0.2, 0) is 0 Å². The molecule has 0 saturated heterocycles. The molecule has 0 aliphatic rings. The van der Waals surface area contributed by atoms with Gasteiger partial charge in [-0.2, -0.15) is 4.98 Å². The summed E-state index contributed by atoms with van der Waals surface area (Å²) in [5.74, 6) is 0.472. The average molecular weight is 231 g/mol. The van der Waals surface area contributed by atoms with Crippen molar-refractivity contribution in [3.63, 3.8) is 0 Å². The molecule has 5 nitrogen and oxygen atoms in total. The van der Waals surface area contributed by atoms with E-state index in [0.29, 0.717) is 12.4 Å². The summed E-state index contributed by atoms with van der Waals surface area (Å²) in [5.41, 5.74) is 5.57. The molecule has 1 heterocycles. The third kappa shape index (κ3) is 2.58. The van der Waals surface area contributed by atoms with Gasteiger partial charge in [0.25, 0.3) is 0 Å². The molecule has 3 N–H and O–H groups in total. The van der Waals surface area contributed by atoms with E-state index in [1.165, 1.54) is 11.3 Å². The fourth-order valence-electron chi connectivity index (χ4n) is 1.17. The number of ether oxygens (including phenoxy) is 1. The maximum Gasteiger partial charge on any atom is 0.229 e. The number of hydrogen-bond acceptors (Lipinski definition) is 6. The Hall–Kier alpha value is -0.850. The summed E-state index contributed by atoms with van der Waals surface area (Å²) in [5, 5.41) is 10.0. The first-order valence-corrected chi connectivity index (χ1v) is 5.48. The molecule has 6 heteroatoms. The summed E-state index contributed by atoms with van der Waals surface area (Å²) in [7, 11) is 5.40. The molecule has 0 bridgehead atoms. The second kappa shape index (κ2) is 5.29. The summed E-state index contributed by atoms with van der Waals surface area (Å²) in [6.45, 7) is 0.407. The highest BCUT2D eigenvalue weighted by atomic mass is 32.1. The van der Waals surface area contributed by atoms with Gasteiger partial charge in [0, 0.05) is 26.6 Å². The zero-order valence-corrected chi connectivity index (χ0v) is 10.0. The molecule has 1 atom stereocenters. The number of aliphatic hydroxyl groups excluding tert-OH is 1. The van der Waals surface area contributed by atoms with Crippen LogP contribution >= 0.6 is 11.3 Å². The van der Waals surface area contributed by atoms with Crippen molar-refractivity contribution in [2.24, 2.45) is 5.73 Å². The third-order valence-electron chi connectivity index (χ3n) is 2.06. The quantitative estimate of drug-likeness (QED) is 0.760. The zero-order valence-electron chi connectivity index (χ0n) is 9.23. The molecule has 1 unspecified atom stereocenters. The maximum atomic E-state index is 9.18. The summed E-state index contributed by atoms with van der Waals surface area (Å²) >= 11 is 1.50. The van der Waals surface area contributed by atoms with E-state index in [0.717, 1.165) is 10.0 Å². The largest absolute Gasteiger partial charge is 0.480 e. The molecule has 1 aromatic rings. The second-order valence-electron chi connectivity index (χ2n) is 3.38. The van der Waals surface area contributed by atoms with Gasteiger partial charge in [-0.25, -0.2) is 0 Å². The van der Waals surface area contributed by atoms with E-state index in [4.69, 9.17) is 10.5 Å². The highest BCUT2D eigenvalue weighted by Crippen LogP contribution is 2.35. The van der Waals surface area contributed by atoms with Crippen molar-refractivity contribution < 1.29 is 9.84 Å². The fraction of sp³-hybridized carbons (Fsp3) is 0.667. The Balaban J connectivity index is 3.04. The summed E-state index contributed by atoms with van der Waals surface area (Å²) < 4.78 is 5.17. The Morgan fingerprint density at radius 1 is 1.60 bits per heavy atom. The van der Waals surface area contributed by atoms with E-state index < -0.39 is 0 Å². The molecule has 1 aromatic heterocycles. The van der Waals surface area contributed by atoms with Gasteiger partial charge in [0.2, 0.25) is 5.88 Å². The van der Waals surface area contributed by atoms with Crippen LogP contribution in [0.15, 0.2) is 0 Å². The monoisotopic (exact) mass is 231 g/mol. The average Bonchev–Trinajstić information content (AvgIpc) is 2.64. The van der Waals surface area contributed by atoms with Crippen LogP contribution in [0.25, 0.3) is 0 Å². The Morgan fingerprint density at radius 3 is 2.67 bits per heavy atom. The van der Waals surface area contributed by atoms with Gasteiger partial charge in [-0.15, -0.1) is 0 Å². The first kappa shape index (κ1) is 12.2. The van der Waals surface area contributed by atoms with Gasteiger partial charge in [-0.3, -0.25) is 0 Å². The molecular formula is C9H17N3O2S. The Morgan fingerprint density at radius 2 is 2.27 bits per heavy atom. The van der Waals surface area contributed by atoms with Crippen LogP contribution in [0.1, 0.15) is 10.8 Å². The second-order valence-corrected chi connectivity index (χ2v) is 4.39. The van der Waals surface area contributed by atoms with Gasteiger partial charge >= 0.3 is 0 Å². The van der Waals surface area contributed by atoms with Gasteiger partial charge in [0.05, 0.1) is 18.6 Å². The van der Waals surface area contributed by atoms with Gasteiger partial charge in [0.15, 0.2) is 5.13 Å². The number of aromatic nitrogens is 1. The lowest BCUT2D eigenvalue weighted by molar-refractivity contribution is 0.266. The number of aliphatic hydroxyl groups is 1. The number of nitrogens with two attached hydrogens (primary N) is 1. The van der Waals surface area contributed by atoms with Gasteiger partial charge in [0.1, 0.15) is 0 Å². The molecule has 0 saturated carbocycles. The Kier molecular flexibility index (Phi) is 4.31. The molecule has 0 amide bonds. The lowest BCUT2D eigenvalue weighted by Crippen LogP contribution is -2.15. The predicted molar refractivity (Wildman–Crippen MR) is 61.9 cm³/mol. The third-order valence-corrected chi connectivity index (χ3v) is 3.43. The molecule has 0 aliphatic heterocycles. The predicted octanol–water partition coefficient (Wildman–Crippen LogP) is 0.252. The van der Waals surface area contributed by atoms with Crippen LogP contribution in [0.2, 0.25) is 0 Å². The van der Waals surface area contributed by atoms with Crippen LogP contribution < -0.4 is 15.4 Å². The number of nitrogens with zero attached hydrogens (tertiary/aromatic N) is 2. The molecule has 0 fully saturated rings. The summed E-state index contributed by atoms with van der Waals surface area (Å²) in [6.07, 6.45) is 0. The molecule has 1 rings (SSSR count). The van der Waals surface area contributed by atoms with Crippen molar-refractivity contribution in [1.82, 2.24) is 4.98 Å². The van der Waals surface area contributed by atoms with Crippen LogP contribution in [0.5, 0.6) is 5.88 Å². The lowest BCUT2D eigenvalue weighted by atomic mass is 10.1. The van der Waals surface area contributed by atoms with Crippen LogP contribution in [0.3, 0.4) is 0 Å². The summed E-state index contributed by atoms with van der Waals surface area (Å²) in [4.78, 5) is 7.11. The molecule has 86 valence electrons. The normalized spacial score (nSPS) is 12.6. The standard InChI is InChI=1S/C9H17N3O2S/c1-12(2)9-11-8(14-3)7(15-9)6(4-10)5-13/h6,13H,4-5,10H2,1-3H3. The van der Waals surface area contributed by atoms with Gasteiger partial charge < -0.3 is 20.5 Å². The molecule has 0 aliphatic carbocycles. The number of rotatable bonds is 5. The van der Waals surface area contributed by atoms with Crippen molar-refractivity contribution >= 4 is 16.5 Å². The minimum Gasteiger partial charge on any atom is -0.480 e. The summed E-state index contributed by atoms with van der Waals surface area (Å²) in [6, 6.07) is 0. The van der Waals surface area contributed by atoms with Crippen molar-refractivity contribution in [3.05, 3.63) is 4.88 Å². The maximum absolute atomic E-state index is 9.18. The Bertz CT molecular complexity index is 310. The lowest BCUT2D eigenvalue weighted by Gasteiger charge is -2.09. The SMILES string of the molecule is COc1nc(N(C)C)sc1C(CN)CO. The van der Waals surface area contributed by atoms with E-state index in [1.54, 1.807) is 7.11 Å². The number of thiazole rings is 1. The fourth-order valence-corrected chi connectivity index (χ4v) is 2.23. The van der Waals surface area contributed by atoms with E-state index in [9.17, 15) is 5.11 Å². The highest BCUT2D eigenvalue weighted by Gasteiger charge is 2.20. The number of methoxy groups -OCH3 is 1. The van der Waals surface area contributed by atoms with Crippen molar-refractivity contribution in [2.75, 3.05) is 39.3 Å². The highest BCUT2D eigenvalue weighted by molar-refractivity contribution is 7.16. The molecule has 15 heavy (non-hydrogen) atoms. The number of anilines is 1. The Labute approximate surface area is 93.5 Å². The van der Waals surface area contributed by atoms with Crippen LogP contribution in [0, 0.1) is 0 Å². The van der Waals surface area contributed by atoms with Crippen LogP contribution in [-0.4, -0.2) is 44.4 Å². The molecule has 0 radical (unpaired) electrons. The van der Waals surface area contributed by atoms with Gasteiger partial charge in [-0.1, -0.05) is 11.3 Å². The van der Waals surface area contributed by atoms with Crippen LogP contribution in [0.4, 0.5) is 5.13 Å². The minimum absolute atomic E-state index is 0.0158. The minimum atomic E-state index is -0.0915. The van der Waals surface area contributed by atoms with E-state index in [-0.39, 0.29) is 12.5 Å². The van der Waals surface area contributed by atoms with E-state index in [1.807, 2.05) is 19.0 Å². The number of hydrogen-bond donors (Lipinski definition) is 2.